The predicted octanol–water partition coefficient (Wildman–Crippen LogP) is 1.89. The lowest BCUT2D eigenvalue weighted by Crippen LogP contribution is -2.64. The van der Waals surface area contributed by atoms with E-state index >= 15 is 0 Å². The predicted molar refractivity (Wildman–Crippen MR) is 134 cm³/mol. The molecular weight excluding hydrogens is 518 g/mol. The lowest BCUT2D eigenvalue weighted by atomic mass is 9.95. The second-order valence-electron chi connectivity index (χ2n) is 8.99. The van der Waals surface area contributed by atoms with Gasteiger partial charge in [0.1, 0.15) is 18.8 Å². The molecule has 14 heteroatoms. The van der Waals surface area contributed by atoms with Crippen molar-refractivity contribution in [3.05, 3.63) is 29.3 Å². The molecule has 0 aliphatic carbocycles. The van der Waals surface area contributed by atoms with Crippen LogP contribution in [0.4, 0.5) is 0 Å². The highest BCUT2D eigenvalue weighted by Crippen LogP contribution is 2.34. The molecule has 0 saturated carbocycles. The average Bonchev–Trinajstić information content (AvgIpc) is 3.17. The topological polar surface area (TPSA) is 153 Å². The molecule has 0 aromatic carbocycles. The van der Waals surface area contributed by atoms with Crippen molar-refractivity contribution in [1.82, 2.24) is 24.6 Å². The molecule has 1 saturated heterocycles. The molecule has 0 radical (unpaired) electrons. The zero-order valence-corrected chi connectivity index (χ0v) is 22.8. The highest BCUT2D eigenvalue weighted by atomic mass is 32.1. The number of esters is 3. The maximum Gasteiger partial charge on any atom is 0.303 e. The van der Waals surface area contributed by atoms with Crippen molar-refractivity contribution in [2.75, 3.05) is 6.61 Å². The average molecular weight is 550 g/mol. The summed E-state index contributed by atoms with van der Waals surface area (Å²) in [5.74, 6) is -1.93. The van der Waals surface area contributed by atoms with Crippen molar-refractivity contribution in [2.24, 2.45) is 0 Å². The van der Waals surface area contributed by atoms with Crippen molar-refractivity contribution in [1.29, 1.82) is 0 Å². The van der Waals surface area contributed by atoms with Gasteiger partial charge >= 0.3 is 17.9 Å². The smallest absolute Gasteiger partial charge is 0.303 e. The van der Waals surface area contributed by atoms with Crippen LogP contribution < -0.4 is 5.32 Å². The van der Waals surface area contributed by atoms with Crippen molar-refractivity contribution >= 4 is 36.0 Å². The number of carbonyl (C=O) groups excluding carboxylic acids is 4. The number of carbonyl (C=O) groups is 4. The van der Waals surface area contributed by atoms with E-state index in [4.69, 9.17) is 36.3 Å². The van der Waals surface area contributed by atoms with Crippen molar-refractivity contribution < 1.29 is 38.1 Å². The summed E-state index contributed by atoms with van der Waals surface area (Å²) in [6.45, 7) is 8.39. The first-order valence-electron chi connectivity index (χ1n) is 11.9. The molecule has 1 fully saturated rings. The SMILES string of the molecule is CC(=O)NC1C(OC(C)=O)C(OC(C)=O)C(COC(C)=O)OC1n1nc(-c2ccncc2)n(C(C)C)c1=S. The lowest BCUT2D eigenvalue weighted by Gasteiger charge is -2.45. The van der Waals surface area contributed by atoms with E-state index in [1.54, 1.807) is 29.1 Å². The third kappa shape index (κ3) is 6.61. The van der Waals surface area contributed by atoms with E-state index in [-0.39, 0.29) is 17.4 Å². The van der Waals surface area contributed by atoms with E-state index in [9.17, 15) is 19.2 Å². The van der Waals surface area contributed by atoms with Crippen molar-refractivity contribution in [3.8, 4) is 11.4 Å². The second kappa shape index (κ2) is 12.3. The van der Waals surface area contributed by atoms with Crippen LogP contribution in [0.1, 0.15) is 53.8 Å². The molecule has 1 amide bonds. The first kappa shape index (κ1) is 28.9. The summed E-state index contributed by atoms with van der Waals surface area (Å²) in [5.41, 5.74) is 0.733. The molecule has 38 heavy (non-hydrogen) atoms. The zero-order valence-electron chi connectivity index (χ0n) is 21.9. The molecule has 0 bridgehead atoms. The molecule has 3 rings (SSSR count). The molecule has 3 heterocycles. The highest BCUT2D eigenvalue weighted by molar-refractivity contribution is 7.71. The van der Waals surface area contributed by atoms with E-state index < -0.39 is 54.4 Å². The van der Waals surface area contributed by atoms with Gasteiger partial charge in [0.2, 0.25) is 10.7 Å². The van der Waals surface area contributed by atoms with Gasteiger partial charge in [0.05, 0.1) is 0 Å². The Morgan fingerprint density at radius 3 is 2.16 bits per heavy atom. The van der Waals surface area contributed by atoms with Crippen molar-refractivity contribution in [3.63, 3.8) is 0 Å². The van der Waals surface area contributed by atoms with E-state index in [1.165, 1.54) is 32.4 Å². The minimum atomic E-state index is -1.23. The zero-order chi connectivity index (χ0) is 28.1. The number of pyridine rings is 1. The molecule has 1 aliphatic rings. The van der Waals surface area contributed by atoms with Gasteiger partial charge in [0.25, 0.3) is 0 Å². The van der Waals surface area contributed by atoms with Gasteiger partial charge in [-0.05, 0) is 38.2 Å². The van der Waals surface area contributed by atoms with Crippen LogP contribution in [0, 0.1) is 4.77 Å². The fourth-order valence-electron chi connectivity index (χ4n) is 4.24. The quantitative estimate of drug-likeness (QED) is 0.292. The number of rotatable bonds is 8. The minimum Gasteiger partial charge on any atom is -0.463 e. The Morgan fingerprint density at radius 1 is 1.03 bits per heavy atom. The Balaban J connectivity index is 2.21. The standard InChI is InChI=1S/C24H31N5O8S/c1-12(2)28-22(17-7-9-25-10-8-17)27-29(24(28)38)23-19(26-13(3)30)21(36-16(6)33)20(35-15(5)32)18(37-23)11-34-14(4)31/h7-10,12,18-21,23H,11H2,1-6H3,(H,26,30). The third-order valence-corrected chi connectivity index (χ3v) is 6.00. The Labute approximate surface area is 224 Å². The van der Waals surface area contributed by atoms with Crippen LogP contribution in [0.2, 0.25) is 0 Å². The van der Waals surface area contributed by atoms with Crippen molar-refractivity contribution in [2.45, 2.75) is 78.2 Å². The molecule has 5 atom stereocenters. The summed E-state index contributed by atoms with van der Waals surface area (Å²) in [6.07, 6.45) is -1.43. The fraction of sp³-hybridized carbons (Fsp3) is 0.542. The number of hydrogen-bond acceptors (Lipinski definition) is 11. The summed E-state index contributed by atoms with van der Waals surface area (Å²) in [5, 5.41) is 7.46. The van der Waals surface area contributed by atoms with Gasteiger partial charge in [-0.1, -0.05) is 0 Å². The summed E-state index contributed by atoms with van der Waals surface area (Å²) < 4.78 is 25.9. The first-order valence-corrected chi connectivity index (χ1v) is 12.3. The minimum absolute atomic E-state index is 0.114. The molecule has 5 unspecified atom stereocenters. The van der Waals surface area contributed by atoms with Gasteiger partial charge in [0, 0.05) is 51.7 Å². The molecule has 2 aromatic rings. The maximum atomic E-state index is 12.3. The largest absolute Gasteiger partial charge is 0.463 e. The summed E-state index contributed by atoms with van der Waals surface area (Å²) in [7, 11) is 0. The van der Waals surface area contributed by atoms with Crippen LogP contribution in [0.25, 0.3) is 11.4 Å². The summed E-state index contributed by atoms with van der Waals surface area (Å²) >= 11 is 5.78. The van der Waals surface area contributed by atoms with Gasteiger partial charge in [-0.2, -0.15) is 0 Å². The van der Waals surface area contributed by atoms with Crippen LogP contribution in [-0.4, -0.2) is 74.1 Å². The van der Waals surface area contributed by atoms with Gasteiger partial charge in [0.15, 0.2) is 24.3 Å². The van der Waals surface area contributed by atoms with Gasteiger partial charge < -0.3 is 24.3 Å². The molecule has 1 aliphatic heterocycles. The van der Waals surface area contributed by atoms with Crippen LogP contribution >= 0.6 is 12.2 Å². The molecule has 0 spiro atoms. The Bertz CT molecular complexity index is 1240. The number of amides is 1. The number of hydrogen-bond donors (Lipinski definition) is 1. The monoisotopic (exact) mass is 549 g/mol. The number of nitrogens with zero attached hydrogens (tertiary/aromatic N) is 4. The van der Waals surface area contributed by atoms with Crippen LogP contribution in [0.3, 0.4) is 0 Å². The number of ether oxygens (including phenoxy) is 4. The summed E-state index contributed by atoms with van der Waals surface area (Å²) in [6, 6.07) is 2.35. The Morgan fingerprint density at radius 2 is 1.63 bits per heavy atom. The van der Waals surface area contributed by atoms with E-state index in [0.29, 0.717) is 5.82 Å². The summed E-state index contributed by atoms with van der Waals surface area (Å²) in [4.78, 5) is 52.1. The fourth-order valence-corrected chi connectivity index (χ4v) is 4.68. The van der Waals surface area contributed by atoms with E-state index in [1.807, 2.05) is 13.8 Å². The number of aromatic nitrogens is 4. The number of nitrogens with one attached hydrogen (secondary N) is 1. The Kier molecular flexibility index (Phi) is 9.33. The molecular formula is C24H31N5O8S. The van der Waals surface area contributed by atoms with Gasteiger partial charge in [-0.25, -0.2) is 4.68 Å². The maximum absolute atomic E-state index is 12.3. The van der Waals surface area contributed by atoms with E-state index in [2.05, 4.69) is 10.3 Å². The highest BCUT2D eigenvalue weighted by Gasteiger charge is 2.52. The Hall–Kier alpha value is -3.65. The van der Waals surface area contributed by atoms with Crippen LogP contribution in [0.15, 0.2) is 24.5 Å². The first-order chi connectivity index (χ1) is 17.9. The van der Waals surface area contributed by atoms with Gasteiger partial charge in [-0.3, -0.25) is 28.7 Å². The second-order valence-corrected chi connectivity index (χ2v) is 9.36. The lowest BCUT2D eigenvalue weighted by molar-refractivity contribution is -0.239. The molecule has 206 valence electrons. The molecule has 1 N–H and O–H groups in total. The van der Waals surface area contributed by atoms with Crippen LogP contribution in [-0.2, 0) is 38.1 Å². The normalized spacial score (nSPS) is 23.0. The third-order valence-electron chi connectivity index (χ3n) is 5.62. The molecule has 13 nitrogen and oxygen atoms in total. The van der Waals surface area contributed by atoms with Gasteiger partial charge in [-0.15, -0.1) is 5.10 Å². The van der Waals surface area contributed by atoms with E-state index in [0.717, 1.165) is 5.56 Å². The van der Waals surface area contributed by atoms with Crippen LogP contribution in [0.5, 0.6) is 0 Å². The molecule has 2 aromatic heterocycles.